The van der Waals surface area contributed by atoms with Crippen LogP contribution in [-0.4, -0.2) is 35.1 Å². The van der Waals surface area contributed by atoms with Crippen molar-refractivity contribution in [2.45, 2.75) is 62.1 Å². The summed E-state index contributed by atoms with van der Waals surface area (Å²) in [6, 6.07) is 28.8. The van der Waals surface area contributed by atoms with Crippen LogP contribution in [0.1, 0.15) is 48.8 Å². The summed E-state index contributed by atoms with van der Waals surface area (Å²) in [7, 11) is -3.91. The number of ether oxygens (including phenoxy) is 1. The predicted molar refractivity (Wildman–Crippen MR) is 165 cm³/mol. The van der Waals surface area contributed by atoms with Gasteiger partial charge < -0.3 is 9.84 Å². The summed E-state index contributed by atoms with van der Waals surface area (Å²) < 4.78 is 33.9. The molecule has 222 valence electrons. The number of carbonyl (C=O) groups excluding carboxylic acids is 1. The Labute approximate surface area is 252 Å². The van der Waals surface area contributed by atoms with Gasteiger partial charge in [0.25, 0.3) is 15.2 Å². The zero-order valence-corrected chi connectivity index (χ0v) is 24.7. The zero-order valence-electron chi connectivity index (χ0n) is 23.9. The minimum absolute atomic E-state index is 0.0988. The third kappa shape index (κ3) is 8.08. The quantitative estimate of drug-likeness (QED) is 0.136. The van der Waals surface area contributed by atoms with Crippen LogP contribution >= 0.6 is 0 Å². The molecule has 1 aliphatic heterocycles. The van der Waals surface area contributed by atoms with E-state index in [0.717, 1.165) is 29.5 Å². The van der Waals surface area contributed by atoms with Crippen molar-refractivity contribution in [2.24, 2.45) is 0 Å². The van der Waals surface area contributed by atoms with Crippen molar-refractivity contribution in [3.8, 4) is 0 Å². The summed E-state index contributed by atoms with van der Waals surface area (Å²) in [6.45, 7) is 0. The molecular formula is C34H35N3O5S. The first-order valence-corrected chi connectivity index (χ1v) is 15.9. The molecule has 1 aliphatic rings. The molecule has 0 radical (unpaired) electrons. The van der Waals surface area contributed by atoms with E-state index in [-0.39, 0.29) is 17.3 Å². The lowest BCUT2D eigenvalue weighted by Crippen LogP contribution is -2.41. The second-order valence-corrected chi connectivity index (χ2v) is 12.4. The van der Waals surface area contributed by atoms with E-state index < -0.39 is 21.6 Å². The van der Waals surface area contributed by atoms with E-state index in [2.05, 4.69) is 39.0 Å². The van der Waals surface area contributed by atoms with Crippen molar-refractivity contribution >= 4 is 21.7 Å². The Morgan fingerprint density at radius 2 is 1.37 bits per heavy atom. The van der Waals surface area contributed by atoms with Gasteiger partial charge in [0.1, 0.15) is 11.4 Å². The minimum atomic E-state index is -3.91. The van der Waals surface area contributed by atoms with Crippen molar-refractivity contribution < 1.29 is 23.1 Å². The number of aryl methyl sites for hydroxylation is 3. The van der Waals surface area contributed by atoms with Crippen molar-refractivity contribution in [3.05, 3.63) is 131 Å². The topological polar surface area (TPSA) is 118 Å². The molecule has 0 amide bonds. The van der Waals surface area contributed by atoms with Crippen LogP contribution in [0.5, 0.6) is 0 Å². The number of aliphatic hydroxyl groups is 1. The van der Waals surface area contributed by atoms with E-state index >= 15 is 0 Å². The van der Waals surface area contributed by atoms with Crippen molar-refractivity contribution in [3.63, 3.8) is 0 Å². The number of nitrogens with zero attached hydrogens (tertiary/aromatic N) is 2. The SMILES string of the molecule is O=C1OC(CCc2ccccc2)(CCc2ccccc2)CC(O)=C1CCCc1cccc(NS(=O)(=O)c2ncccn2)c1. The second-order valence-electron chi connectivity index (χ2n) is 10.8. The van der Waals surface area contributed by atoms with Crippen molar-refractivity contribution in [2.75, 3.05) is 4.72 Å². The van der Waals surface area contributed by atoms with Gasteiger partial charge >= 0.3 is 5.97 Å². The molecule has 0 unspecified atom stereocenters. The highest BCUT2D eigenvalue weighted by atomic mass is 32.2. The van der Waals surface area contributed by atoms with E-state index in [0.29, 0.717) is 43.4 Å². The standard InChI is InChI=1S/C34H35N3O5S/c38-31-25-34(20-18-26-10-3-1-4-11-26,21-19-27-12-5-2-6-13-27)42-32(39)30(31)17-8-15-28-14-7-16-29(24-28)37-43(40,41)33-35-22-9-23-36-33/h1-7,9-14,16,22-24,37-38H,8,15,17-21,25H2. The number of carbonyl (C=O) groups is 1. The van der Waals surface area contributed by atoms with E-state index in [1.54, 1.807) is 24.3 Å². The first-order chi connectivity index (χ1) is 20.8. The molecule has 0 saturated carbocycles. The molecule has 4 aromatic rings. The zero-order chi connectivity index (χ0) is 30.1. The molecule has 0 fully saturated rings. The molecule has 0 aliphatic carbocycles. The number of rotatable bonds is 13. The number of anilines is 1. The molecule has 0 bridgehead atoms. The highest BCUT2D eigenvalue weighted by Crippen LogP contribution is 2.38. The predicted octanol–water partition coefficient (Wildman–Crippen LogP) is 6.36. The van der Waals surface area contributed by atoms with E-state index in [1.165, 1.54) is 12.4 Å². The third-order valence-corrected chi connectivity index (χ3v) is 8.87. The molecule has 0 atom stereocenters. The fraction of sp³-hybridized carbons (Fsp3) is 0.265. The van der Waals surface area contributed by atoms with Crippen molar-refractivity contribution in [1.29, 1.82) is 0 Å². The lowest BCUT2D eigenvalue weighted by atomic mass is 9.82. The van der Waals surface area contributed by atoms with Crippen LogP contribution in [0.25, 0.3) is 0 Å². The van der Waals surface area contributed by atoms with Crippen LogP contribution < -0.4 is 4.72 Å². The molecule has 9 heteroatoms. The Bertz CT molecular complexity index is 1620. The summed E-state index contributed by atoms with van der Waals surface area (Å²) >= 11 is 0. The normalized spacial score (nSPS) is 14.7. The van der Waals surface area contributed by atoms with Crippen molar-refractivity contribution in [1.82, 2.24) is 9.97 Å². The van der Waals surface area contributed by atoms with Gasteiger partial charge in [-0.1, -0.05) is 72.8 Å². The van der Waals surface area contributed by atoms with Gasteiger partial charge in [0.15, 0.2) is 0 Å². The highest BCUT2D eigenvalue weighted by Gasteiger charge is 2.41. The fourth-order valence-electron chi connectivity index (χ4n) is 5.39. The molecule has 5 rings (SSSR count). The van der Waals surface area contributed by atoms with E-state index in [4.69, 9.17) is 4.74 Å². The summed E-state index contributed by atoms with van der Waals surface area (Å²) in [5.74, 6) is -0.365. The van der Waals surface area contributed by atoms with Gasteiger partial charge in [0.2, 0.25) is 0 Å². The molecule has 3 aromatic carbocycles. The number of cyclic esters (lactones) is 1. The summed E-state index contributed by atoms with van der Waals surface area (Å²) in [4.78, 5) is 20.9. The second kappa shape index (κ2) is 13.6. The molecular weight excluding hydrogens is 562 g/mol. The number of aromatic nitrogens is 2. The number of benzene rings is 3. The summed E-state index contributed by atoms with van der Waals surface area (Å²) in [5, 5.41) is 10.8. The van der Waals surface area contributed by atoms with E-state index in [9.17, 15) is 18.3 Å². The highest BCUT2D eigenvalue weighted by molar-refractivity contribution is 7.92. The fourth-order valence-corrected chi connectivity index (χ4v) is 6.32. The average molecular weight is 598 g/mol. The summed E-state index contributed by atoms with van der Waals surface area (Å²) in [6.07, 6.45) is 7.24. The number of hydrogen-bond acceptors (Lipinski definition) is 7. The summed E-state index contributed by atoms with van der Waals surface area (Å²) in [5.41, 5.74) is 3.13. The van der Waals surface area contributed by atoms with Gasteiger partial charge in [0, 0.05) is 24.5 Å². The number of sulfonamides is 1. The van der Waals surface area contributed by atoms with Gasteiger partial charge in [-0.25, -0.2) is 14.8 Å². The Morgan fingerprint density at radius 3 is 1.98 bits per heavy atom. The average Bonchev–Trinajstić information content (AvgIpc) is 3.02. The van der Waals surface area contributed by atoms with Gasteiger partial charge in [0.05, 0.1) is 5.57 Å². The van der Waals surface area contributed by atoms with Gasteiger partial charge in [-0.3, -0.25) is 4.72 Å². The first kappa shape index (κ1) is 30.0. The van der Waals surface area contributed by atoms with Crippen LogP contribution in [0, 0.1) is 0 Å². The minimum Gasteiger partial charge on any atom is -0.512 e. The maximum atomic E-state index is 13.3. The molecule has 0 saturated heterocycles. The monoisotopic (exact) mass is 597 g/mol. The van der Waals surface area contributed by atoms with Crippen LogP contribution in [0.2, 0.25) is 0 Å². The maximum Gasteiger partial charge on any atom is 0.337 e. The number of hydrogen-bond donors (Lipinski definition) is 2. The van der Waals surface area contributed by atoms with Gasteiger partial charge in [-0.15, -0.1) is 0 Å². The number of aliphatic hydroxyl groups excluding tert-OH is 1. The van der Waals surface area contributed by atoms with Crippen LogP contribution in [0.4, 0.5) is 5.69 Å². The number of nitrogens with one attached hydrogen (secondary N) is 1. The van der Waals surface area contributed by atoms with Crippen LogP contribution in [0.3, 0.4) is 0 Å². The Morgan fingerprint density at radius 1 is 0.767 bits per heavy atom. The molecule has 2 heterocycles. The van der Waals surface area contributed by atoms with Gasteiger partial charge in [-0.05, 0) is 79.8 Å². The Hall–Kier alpha value is -4.50. The van der Waals surface area contributed by atoms with E-state index in [1.807, 2.05) is 42.5 Å². The number of esters is 1. The van der Waals surface area contributed by atoms with Crippen LogP contribution in [-0.2, 0) is 38.8 Å². The lowest BCUT2D eigenvalue weighted by Gasteiger charge is -2.37. The maximum absolute atomic E-state index is 13.3. The Balaban J connectivity index is 1.23. The first-order valence-electron chi connectivity index (χ1n) is 14.4. The van der Waals surface area contributed by atoms with Crippen LogP contribution in [0.15, 0.2) is 120 Å². The lowest BCUT2D eigenvalue weighted by molar-refractivity contribution is -0.160. The molecule has 0 spiro atoms. The Kier molecular flexibility index (Phi) is 9.51. The molecule has 8 nitrogen and oxygen atoms in total. The van der Waals surface area contributed by atoms with Gasteiger partial charge in [-0.2, -0.15) is 8.42 Å². The molecule has 1 aromatic heterocycles. The molecule has 43 heavy (non-hydrogen) atoms. The smallest absolute Gasteiger partial charge is 0.337 e. The third-order valence-electron chi connectivity index (χ3n) is 7.67. The molecule has 2 N–H and O–H groups in total. The largest absolute Gasteiger partial charge is 0.512 e.